The summed E-state index contributed by atoms with van der Waals surface area (Å²) in [6.45, 7) is 0.787. The van der Waals surface area contributed by atoms with E-state index < -0.39 is 0 Å². The van der Waals surface area contributed by atoms with E-state index in [4.69, 9.17) is 14.2 Å². The van der Waals surface area contributed by atoms with E-state index in [0.717, 1.165) is 22.4 Å². The molecule has 0 saturated heterocycles. The summed E-state index contributed by atoms with van der Waals surface area (Å²) >= 11 is 0. The van der Waals surface area contributed by atoms with Crippen LogP contribution in [0.1, 0.15) is 27.0 Å². The van der Waals surface area contributed by atoms with Crippen molar-refractivity contribution in [3.63, 3.8) is 0 Å². The number of ether oxygens (including phenoxy) is 3. The predicted octanol–water partition coefficient (Wildman–Crippen LogP) is 6.75. The smallest absolute Gasteiger partial charge is 0.189 e. The monoisotopic (exact) mass is 450 g/mol. The SMILES string of the molecule is COc1ccc(/C=C/C(=O)c2ccc(OCc3ccccc3)cc2OCc2ccccc2)cc1. The van der Waals surface area contributed by atoms with Gasteiger partial charge < -0.3 is 14.2 Å². The van der Waals surface area contributed by atoms with Crippen molar-refractivity contribution in [1.82, 2.24) is 0 Å². The van der Waals surface area contributed by atoms with E-state index in [0.29, 0.717) is 30.3 Å². The van der Waals surface area contributed by atoms with Gasteiger partial charge >= 0.3 is 0 Å². The van der Waals surface area contributed by atoms with Crippen molar-refractivity contribution in [1.29, 1.82) is 0 Å². The number of benzene rings is 4. The molecule has 0 radical (unpaired) electrons. The van der Waals surface area contributed by atoms with E-state index in [1.807, 2.05) is 84.9 Å². The lowest BCUT2D eigenvalue weighted by molar-refractivity contribution is 0.104. The molecule has 0 aliphatic rings. The molecule has 0 unspecified atom stereocenters. The van der Waals surface area contributed by atoms with Gasteiger partial charge in [-0.1, -0.05) is 78.9 Å². The molecule has 4 aromatic carbocycles. The molecule has 34 heavy (non-hydrogen) atoms. The third-order valence-electron chi connectivity index (χ3n) is 5.25. The third-order valence-corrected chi connectivity index (χ3v) is 5.25. The van der Waals surface area contributed by atoms with Gasteiger partial charge in [-0.2, -0.15) is 0 Å². The fourth-order valence-corrected chi connectivity index (χ4v) is 3.37. The number of ketones is 1. The Kier molecular flexibility index (Phi) is 7.75. The van der Waals surface area contributed by atoms with Crippen LogP contribution in [-0.4, -0.2) is 12.9 Å². The lowest BCUT2D eigenvalue weighted by Crippen LogP contribution is -2.04. The van der Waals surface area contributed by atoms with E-state index >= 15 is 0 Å². The molecule has 0 heterocycles. The number of allylic oxidation sites excluding steroid dienone is 1. The highest BCUT2D eigenvalue weighted by Gasteiger charge is 2.13. The quantitative estimate of drug-likeness (QED) is 0.198. The Morgan fingerprint density at radius 3 is 1.91 bits per heavy atom. The van der Waals surface area contributed by atoms with Gasteiger partial charge in [-0.25, -0.2) is 0 Å². The summed E-state index contributed by atoms with van der Waals surface area (Å²) in [7, 11) is 1.62. The molecule has 0 bridgehead atoms. The summed E-state index contributed by atoms with van der Waals surface area (Å²) < 4.78 is 17.2. The number of carbonyl (C=O) groups excluding carboxylic acids is 1. The maximum atomic E-state index is 13.0. The Hall–Kier alpha value is -4.31. The molecule has 0 aliphatic carbocycles. The van der Waals surface area contributed by atoms with Crippen molar-refractivity contribution in [3.8, 4) is 17.2 Å². The first-order chi connectivity index (χ1) is 16.7. The van der Waals surface area contributed by atoms with Crippen LogP contribution in [0.5, 0.6) is 17.2 Å². The molecule has 0 aliphatic heterocycles. The van der Waals surface area contributed by atoms with Crippen LogP contribution in [0, 0.1) is 0 Å². The van der Waals surface area contributed by atoms with Crippen LogP contribution in [0.4, 0.5) is 0 Å². The number of methoxy groups -OCH3 is 1. The van der Waals surface area contributed by atoms with Gasteiger partial charge in [0.2, 0.25) is 0 Å². The van der Waals surface area contributed by atoms with Crippen LogP contribution in [0.25, 0.3) is 6.08 Å². The van der Waals surface area contributed by atoms with Gasteiger partial charge in [-0.15, -0.1) is 0 Å². The molecule has 0 N–H and O–H groups in total. The van der Waals surface area contributed by atoms with E-state index in [-0.39, 0.29) is 5.78 Å². The van der Waals surface area contributed by atoms with Crippen molar-refractivity contribution in [2.45, 2.75) is 13.2 Å². The molecule has 4 heteroatoms. The van der Waals surface area contributed by atoms with E-state index in [9.17, 15) is 4.79 Å². The predicted molar refractivity (Wildman–Crippen MR) is 134 cm³/mol. The Morgan fingerprint density at radius 2 is 1.29 bits per heavy atom. The van der Waals surface area contributed by atoms with E-state index in [2.05, 4.69) is 0 Å². The molecule has 0 amide bonds. The summed E-state index contributed by atoms with van der Waals surface area (Å²) in [6, 6.07) is 32.6. The van der Waals surface area contributed by atoms with Crippen LogP contribution in [0.15, 0.2) is 109 Å². The van der Waals surface area contributed by atoms with Crippen LogP contribution in [0.3, 0.4) is 0 Å². The number of rotatable bonds is 10. The molecule has 0 aromatic heterocycles. The Labute approximate surface area is 200 Å². The Balaban J connectivity index is 1.53. The second-order valence-corrected chi connectivity index (χ2v) is 7.68. The normalized spacial score (nSPS) is 10.7. The third kappa shape index (κ3) is 6.36. The second-order valence-electron chi connectivity index (χ2n) is 7.68. The standard InChI is InChI=1S/C30H26O4/c1-32-26-15-12-23(13-16-26)14-19-29(31)28-18-17-27(33-21-24-8-4-2-5-9-24)20-30(28)34-22-25-10-6-3-7-11-25/h2-20H,21-22H2,1H3/b19-14+. The summed E-state index contributed by atoms with van der Waals surface area (Å²) in [5, 5.41) is 0. The van der Waals surface area contributed by atoms with Crippen LogP contribution >= 0.6 is 0 Å². The van der Waals surface area contributed by atoms with Crippen LogP contribution < -0.4 is 14.2 Å². The van der Waals surface area contributed by atoms with Crippen molar-refractivity contribution < 1.29 is 19.0 Å². The van der Waals surface area contributed by atoms with Gasteiger partial charge in [0.1, 0.15) is 30.5 Å². The molecule has 0 saturated carbocycles. The fourth-order valence-electron chi connectivity index (χ4n) is 3.37. The van der Waals surface area contributed by atoms with Gasteiger partial charge in [0.25, 0.3) is 0 Å². The largest absolute Gasteiger partial charge is 0.497 e. The summed E-state index contributed by atoms with van der Waals surface area (Å²) in [5.41, 5.74) is 3.47. The molecular weight excluding hydrogens is 424 g/mol. The summed E-state index contributed by atoms with van der Waals surface area (Å²) in [5.74, 6) is 1.75. The van der Waals surface area contributed by atoms with Crippen LogP contribution in [-0.2, 0) is 13.2 Å². The average Bonchev–Trinajstić information content (AvgIpc) is 2.91. The van der Waals surface area contributed by atoms with Gasteiger partial charge in [-0.05, 0) is 47.0 Å². The van der Waals surface area contributed by atoms with Crippen molar-refractivity contribution in [3.05, 3.63) is 131 Å². The van der Waals surface area contributed by atoms with Crippen molar-refractivity contribution >= 4 is 11.9 Å². The lowest BCUT2D eigenvalue weighted by Gasteiger charge is -2.13. The molecular formula is C30H26O4. The minimum absolute atomic E-state index is 0.145. The lowest BCUT2D eigenvalue weighted by atomic mass is 10.1. The van der Waals surface area contributed by atoms with Gasteiger partial charge in [-0.3, -0.25) is 4.79 Å². The molecule has 0 atom stereocenters. The average molecular weight is 451 g/mol. The van der Waals surface area contributed by atoms with Gasteiger partial charge in [0.15, 0.2) is 5.78 Å². The van der Waals surface area contributed by atoms with Gasteiger partial charge in [0.05, 0.1) is 12.7 Å². The zero-order valence-corrected chi connectivity index (χ0v) is 19.0. The molecule has 4 rings (SSSR count). The first kappa shape index (κ1) is 22.9. The second kappa shape index (κ2) is 11.5. The highest BCUT2D eigenvalue weighted by atomic mass is 16.5. The molecule has 4 aromatic rings. The highest BCUT2D eigenvalue weighted by Crippen LogP contribution is 2.28. The molecule has 4 nitrogen and oxygen atoms in total. The molecule has 0 fully saturated rings. The maximum absolute atomic E-state index is 13.0. The first-order valence-electron chi connectivity index (χ1n) is 11.1. The number of carbonyl (C=O) groups is 1. The fraction of sp³-hybridized carbons (Fsp3) is 0.100. The number of hydrogen-bond donors (Lipinski definition) is 0. The van der Waals surface area contributed by atoms with Crippen molar-refractivity contribution in [2.24, 2.45) is 0 Å². The summed E-state index contributed by atoms with van der Waals surface area (Å²) in [4.78, 5) is 13.0. The summed E-state index contributed by atoms with van der Waals surface area (Å²) in [6.07, 6.45) is 3.33. The Morgan fingerprint density at radius 1 is 0.706 bits per heavy atom. The van der Waals surface area contributed by atoms with Crippen LogP contribution in [0.2, 0.25) is 0 Å². The Bertz CT molecular complexity index is 1230. The van der Waals surface area contributed by atoms with Crippen molar-refractivity contribution in [2.75, 3.05) is 7.11 Å². The zero-order chi connectivity index (χ0) is 23.6. The van der Waals surface area contributed by atoms with E-state index in [1.165, 1.54) is 0 Å². The topological polar surface area (TPSA) is 44.8 Å². The highest BCUT2D eigenvalue weighted by molar-refractivity contribution is 6.08. The maximum Gasteiger partial charge on any atom is 0.189 e. The molecule has 0 spiro atoms. The minimum atomic E-state index is -0.145. The zero-order valence-electron chi connectivity index (χ0n) is 19.0. The van der Waals surface area contributed by atoms with Gasteiger partial charge in [0, 0.05) is 6.07 Å². The number of hydrogen-bond acceptors (Lipinski definition) is 4. The van der Waals surface area contributed by atoms with E-state index in [1.54, 1.807) is 37.5 Å². The first-order valence-corrected chi connectivity index (χ1v) is 11.1. The molecule has 170 valence electrons. The minimum Gasteiger partial charge on any atom is -0.497 e.